The standard InChI is InChI=1S/C32H39N3O3S/c1-22-12-17-39-31(22)32(36)33-13-10-28(11-14-33)34-15-16-35(23(2)20-34)24(3)27-7-4-25(5-8-27)18-26-6-9-29-30(19-26)38-21-37-29/h4-9,12,17,19,23-24,28H,10-11,13-16,18,20-21H2,1-3H3/t23-,24+/m1/s1. The topological polar surface area (TPSA) is 45.3 Å². The zero-order chi connectivity index (χ0) is 26.9. The SMILES string of the molecule is Cc1ccsc1C(=O)N1CCC(N2CCN([C@@H](C)c3ccc(Cc4ccc5c(c4)OCO5)cc3)[C@H](C)C2)CC1. The number of carbonyl (C=O) groups is 1. The summed E-state index contributed by atoms with van der Waals surface area (Å²) in [6.45, 7) is 12.1. The first-order chi connectivity index (χ1) is 19.0. The van der Waals surface area contributed by atoms with Crippen LogP contribution in [0.25, 0.3) is 0 Å². The minimum Gasteiger partial charge on any atom is -0.454 e. The van der Waals surface area contributed by atoms with Crippen LogP contribution in [-0.4, -0.2) is 72.2 Å². The normalized spacial score (nSPS) is 21.3. The van der Waals surface area contributed by atoms with Gasteiger partial charge in [-0.05, 0) is 85.9 Å². The van der Waals surface area contributed by atoms with Gasteiger partial charge in [0.05, 0.1) is 4.88 Å². The van der Waals surface area contributed by atoms with Gasteiger partial charge in [0.25, 0.3) is 5.91 Å². The van der Waals surface area contributed by atoms with Crippen LogP contribution in [0, 0.1) is 6.92 Å². The molecule has 0 spiro atoms. The largest absolute Gasteiger partial charge is 0.454 e. The lowest BCUT2D eigenvalue weighted by Gasteiger charge is -2.47. The predicted octanol–water partition coefficient (Wildman–Crippen LogP) is 5.75. The Balaban J connectivity index is 1.01. The first-order valence-corrected chi connectivity index (χ1v) is 15.1. The molecule has 0 radical (unpaired) electrons. The van der Waals surface area contributed by atoms with E-state index in [0.717, 1.165) is 73.9 Å². The third-order valence-corrected chi connectivity index (χ3v) is 9.84. The van der Waals surface area contributed by atoms with Crippen molar-refractivity contribution in [2.45, 2.75) is 58.2 Å². The fourth-order valence-electron chi connectivity index (χ4n) is 6.47. The van der Waals surface area contributed by atoms with E-state index < -0.39 is 0 Å². The summed E-state index contributed by atoms with van der Waals surface area (Å²) in [4.78, 5) is 21.2. The number of benzene rings is 2. The van der Waals surface area contributed by atoms with E-state index in [4.69, 9.17) is 9.47 Å². The van der Waals surface area contributed by atoms with E-state index in [1.54, 1.807) is 11.3 Å². The average molecular weight is 546 g/mol. The molecule has 3 aliphatic rings. The van der Waals surface area contributed by atoms with Crippen molar-refractivity contribution in [1.82, 2.24) is 14.7 Å². The van der Waals surface area contributed by atoms with Gasteiger partial charge in [0.2, 0.25) is 6.79 Å². The summed E-state index contributed by atoms with van der Waals surface area (Å²) < 4.78 is 11.0. The lowest BCUT2D eigenvalue weighted by Crippen LogP contribution is -2.57. The Morgan fingerprint density at radius 3 is 2.44 bits per heavy atom. The number of nitrogens with zero attached hydrogens (tertiary/aromatic N) is 3. The smallest absolute Gasteiger partial charge is 0.264 e. The summed E-state index contributed by atoms with van der Waals surface area (Å²) in [6.07, 6.45) is 3.03. The van der Waals surface area contributed by atoms with Crippen LogP contribution in [0.15, 0.2) is 53.9 Å². The molecule has 39 heavy (non-hydrogen) atoms. The van der Waals surface area contributed by atoms with E-state index in [2.05, 4.69) is 64.9 Å². The average Bonchev–Trinajstić information content (AvgIpc) is 3.61. The molecule has 2 saturated heterocycles. The second kappa shape index (κ2) is 11.3. The van der Waals surface area contributed by atoms with Crippen molar-refractivity contribution in [3.05, 3.63) is 81.0 Å². The monoisotopic (exact) mass is 545 g/mol. The Labute approximate surface area is 236 Å². The fourth-order valence-corrected chi connectivity index (χ4v) is 7.36. The van der Waals surface area contributed by atoms with Crippen molar-refractivity contribution in [2.24, 2.45) is 0 Å². The van der Waals surface area contributed by atoms with E-state index in [0.29, 0.717) is 24.9 Å². The molecule has 6 nitrogen and oxygen atoms in total. The molecule has 1 aromatic heterocycles. The molecule has 6 rings (SSSR count). The number of carbonyl (C=O) groups excluding carboxylic acids is 1. The van der Waals surface area contributed by atoms with E-state index in [1.165, 1.54) is 16.7 Å². The summed E-state index contributed by atoms with van der Waals surface area (Å²) in [6, 6.07) is 18.9. The van der Waals surface area contributed by atoms with Crippen molar-refractivity contribution in [3.63, 3.8) is 0 Å². The Bertz CT molecular complexity index is 1300. The van der Waals surface area contributed by atoms with Crippen molar-refractivity contribution < 1.29 is 14.3 Å². The number of piperazine rings is 1. The van der Waals surface area contributed by atoms with E-state index in [9.17, 15) is 4.79 Å². The minimum atomic E-state index is 0.217. The lowest BCUT2D eigenvalue weighted by atomic mass is 9.97. The highest BCUT2D eigenvalue weighted by Crippen LogP contribution is 2.33. The first kappa shape index (κ1) is 26.4. The second-order valence-electron chi connectivity index (χ2n) is 11.3. The number of aryl methyl sites for hydroxylation is 1. The van der Waals surface area contributed by atoms with Crippen LogP contribution in [0.3, 0.4) is 0 Å². The maximum absolute atomic E-state index is 12.9. The summed E-state index contributed by atoms with van der Waals surface area (Å²) in [7, 11) is 0. The molecule has 7 heteroatoms. The number of ether oxygens (including phenoxy) is 2. The molecule has 0 aliphatic carbocycles. The van der Waals surface area contributed by atoms with Crippen molar-refractivity contribution in [1.29, 1.82) is 0 Å². The molecule has 2 atom stereocenters. The van der Waals surface area contributed by atoms with E-state index in [-0.39, 0.29) is 5.91 Å². The van der Waals surface area contributed by atoms with Gasteiger partial charge in [-0.1, -0.05) is 30.3 Å². The van der Waals surface area contributed by atoms with Gasteiger partial charge in [-0.15, -0.1) is 11.3 Å². The molecule has 3 aliphatic heterocycles. The van der Waals surface area contributed by atoms with Crippen molar-refractivity contribution in [3.8, 4) is 11.5 Å². The van der Waals surface area contributed by atoms with Crippen molar-refractivity contribution in [2.75, 3.05) is 39.5 Å². The Morgan fingerprint density at radius 2 is 1.72 bits per heavy atom. The highest BCUT2D eigenvalue weighted by Gasteiger charge is 2.34. The number of hydrogen-bond donors (Lipinski definition) is 0. The van der Waals surface area contributed by atoms with Crippen LogP contribution < -0.4 is 9.47 Å². The van der Waals surface area contributed by atoms with Crippen LogP contribution in [0.4, 0.5) is 0 Å². The van der Waals surface area contributed by atoms with Crippen LogP contribution in [0.1, 0.15) is 64.7 Å². The molecular formula is C32H39N3O3S. The van der Waals surface area contributed by atoms with E-state index >= 15 is 0 Å². The van der Waals surface area contributed by atoms with Crippen LogP contribution in [-0.2, 0) is 6.42 Å². The summed E-state index contributed by atoms with van der Waals surface area (Å²) in [5.74, 6) is 1.90. The molecule has 206 valence electrons. The van der Waals surface area contributed by atoms with Gasteiger partial charge in [-0.25, -0.2) is 0 Å². The van der Waals surface area contributed by atoms with Crippen LogP contribution in [0.5, 0.6) is 11.5 Å². The number of thiophene rings is 1. The molecule has 4 heterocycles. The van der Waals surface area contributed by atoms with Gasteiger partial charge < -0.3 is 14.4 Å². The maximum atomic E-state index is 12.9. The van der Waals surface area contributed by atoms with Crippen LogP contribution in [0.2, 0.25) is 0 Å². The third kappa shape index (κ3) is 5.58. The van der Waals surface area contributed by atoms with Gasteiger partial charge in [0.1, 0.15) is 0 Å². The van der Waals surface area contributed by atoms with E-state index in [1.807, 2.05) is 24.4 Å². The second-order valence-corrected chi connectivity index (χ2v) is 12.2. The van der Waals surface area contributed by atoms with Gasteiger partial charge in [-0.2, -0.15) is 0 Å². The molecular weight excluding hydrogens is 506 g/mol. The summed E-state index contributed by atoms with van der Waals surface area (Å²) >= 11 is 1.57. The first-order valence-electron chi connectivity index (χ1n) is 14.3. The quantitative estimate of drug-likeness (QED) is 0.395. The molecule has 0 unspecified atom stereocenters. The number of likely N-dealkylation sites (tertiary alicyclic amines) is 1. The molecule has 0 bridgehead atoms. The van der Waals surface area contributed by atoms with Crippen molar-refractivity contribution >= 4 is 17.2 Å². The van der Waals surface area contributed by atoms with Gasteiger partial charge in [-0.3, -0.25) is 14.6 Å². The third-order valence-electron chi connectivity index (χ3n) is 8.84. The molecule has 0 saturated carbocycles. The lowest BCUT2D eigenvalue weighted by molar-refractivity contribution is 0.0136. The summed E-state index contributed by atoms with van der Waals surface area (Å²) in [5.41, 5.74) is 5.02. The number of hydrogen-bond acceptors (Lipinski definition) is 6. The van der Waals surface area contributed by atoms with Crippen LogP contribution >= 0.6 is 11.3 Å². The highest BCUT2D eigenvalue weighted by atomic mass is 32.1. The number of amides is 1. The van der Waals surface area contributed by atoms with Gasteiger partial charge in [0.15, 0.2) is 11.5 Å². The molecule has 0 N–H and O–H groups in total. The molecule has 2 aromatic carbocycles. The maximum Gasteiger partial charge on any atom is 0.264 e. The zero-order valence-electron chi connectivity index (χ0n) is 23.3. The molecule has 2 fully saturated rings. The Hall–Kier alpha value is -2.87. The number of piperidine rings is 1. The Kier molecular flexibility index (Phi) is 7.65. The predicted molar refractivity (Wildman–Crippen MR) is 156 cm³/mol. The number of fused-ring (bicyclic) bond motifs is 1. The highest BCUT2D eigenvalue weighted by molar-refractivity contribution is 7.12. The Morgan fingerprint density at radius 1 is 0.974 bits per heavy atom. The minimum absolute atomic E-state index is 0.217. The number of rotatable bonds is 6. The fraction of sp³-hybridized carbons (Fsp3) is 0.469. The zero-order valence-corrected chi connectivity index (χ0v) is 24.1. The van der Waals surface area contributed by atoms with Gasteiger partial charge in [0, 0.05) is 50.8 Å². The van der Waals surface area contributed by atoms with Gasteiger partial charge >= 0.3 is 0 Å². The molecule has 3 aromatic rings. The summed E-state index contributed by atoms with van der Waals surface area (Å²) in [5, 5.41) is 2.02. The molecule has 1 amide bonds.